The van der Waals surface area contributed by atoms with E-state index in [0.29, 0.717) is 18.7 Å². The fourth-order valence-corrected chi connectivity index (χ4v) is 3.12. The quantitative estimate of drug-likeness (QED) is 0.305. The third-order valence-corrected chi connectivity index (χ3v) is 4.74. The van der Waals surface area contributed by atoms with Gasteiger partial charge in [-0.25, -0.2) is 9.78 Å². The van der Waals surface area contributed by atoms with Gasteiger partial charge in [0.25, 0.3) is 0 Å². The van der Waals surface area contributed by atoms with E-state index in [1.165, 1.54) is 38.4 Å². The van der Waals surface area contributed by atoms with Crippen LogP contribution in [0.1, 0.15) is 84.8 Å². The lowest BCUT2D eigenvalue weighted by Gasteiger charge is -2.23. The molecule has 1 atom stereocenters. The van der Waals surface area contributed by atoms with Crippen molar-refractivity contribution in [3.63, 3.8) is 0 Å². The number of imidazole rings is 1. The molecule has 182 valence electrons. The van der Waals surface area contributed by atoms with Gasteiger partial charge in [-0.15, -0.1) is 0 Å². The predicted octanol–water partition coefficient (Wildman–Crippen LogP) is 3.22. The van der Waals surface area contributed by atoms with Crippen LogP contribution in [0.25, 0.3) is 0 Å². The molecule has 0 saturated heterocycles. The molecule has 9 heteroatoms. The first-order chi connectivity index (χ1) is 15.2. The summed E-state index contributed by atoms with van der Waals surface area (Å²) in [4.78, 5) is 43.5. The number of unbranched alkanes of at least 4 members (excludes halogenated alkanes) is 6. The SMILES string of the molecule is CCCCCCCCCC(=O)NCCNC(=O)C(Cc1cnc[nH]1)NC(=O)OC(C)(C)C. The van der Waals surface area contributed by atoms with Gasteiger partial charge in [0.1, 0.15) is 11.6 Å². The number of alkyl carbamates (subject to hydrolysis) is 1. The monoisotopic (exact) mass is 451 g/mol. The van der Waals surface area contributed by atoms with Crippen LogP contribution in [-0.2, 0) is 20.7 Å². The van der Waals surface area contributed by atoms with E-state index in [9.17, 15) is 14.4 Å². The first kappa shape index (κ1) is 27.5. The lowest BCUT2D eigenvalue weighted by molar-refractivity contribution is -0.124. The number of ether oxygens (including phenoxy) is 1. The Balaban J connectivity index is 2.32. The summed E-state index contributed by atoms with van der Waals surface area (Å²) < 4.78 is 5.26. The number of hydrogen-bond donors (Lipinski definition) is 4. The Morgan fingerprint density at radius 3 is 2.31 bits per heavy atom. The van der Waals surface area contributed by atoms with Crippen molar-refractivity contribution in [1.29, 1.82) is 0 Å². The highest BCUT2D eigenvalue weighted by Crippen LogP contribution is 2.09. The lowest BCUT2D eigenvalue weighted by Crippen LogP contribution is -2.50. The van der Waals surface area contributed by atoms with E-state index in [2.05, 4.69) is 32.8 Å². The summed E-state index contributed by atoms with van der Waals surface area (Å²) in [5.74, 6) is -0.361. The van der Waals surface area contributed by atoms with E-state index in [1.807, 2.05) is 0 Å². The van der Waals surface area contributed by atoms with E-state index in [-0.39, 0.29) is 24.8 Å². The van der Waals surface area contributed by atoms with Gasteiger partial charge >= 0.3 is 6.09 Å². The summed E-state index contributed by atoms with van der Waals surface area (Å²) in [5.41, 5.74) is 0.0445. The molecule has 0 aromatic carbocycles. The second-order valence-electron chi connectivity index (χ2n) is 8.99. The average molecular weight is 452 g/mol. The molecule has 0 fully saturated rings. The van der Waals surface area contributed by atoms with Crippen LogP contribution in [0, 0.1) is 0 Å². The molecule has 4 N–H and O–H groups in total. The summed E-state index contributed by atoms with van der Waals surface area (Å²) in [5, 5.41) is 8.19. The molecule has 1 rings (SSSR count). The molecule has 0 radical (unpaired) electrons. The number of hydrogen-bond acceptors (Lipinski definition) is 5. The Hall–Kier alpha value is -2.58. The minimum Gasteiger partial charge on any atom is -0.444 e. The number of amides is 3. The number of carbonyl (C=O) groups excluding carboxylic acids is 3. The largest absolute Gasteiger partial charge is 0.444 e. The summed E-state index contributed by atoms with van der Waals surface area (Å²) in [6, 6.07) is -0.825. The smallest absolute Gasteiger partial charge is 0.408 e. The fraction of sp³-hybridized carbons (Fsp3) is 0.739. The molecule has 1 unspecified atom stereocenters. The zero-order valence-electron chi connectivity index (χ0n) is 20.1. The highest BCUT2D eigenvalue weighted by atomic mass is 16.6. The molecule has 32 heavy (non-hydrogen) atoms. The van der Waals surface area contributed by atoms with E-state index in [0.717, 1.165) is 12.8 Å². The van der Waals surface area contributed by atoms with Gasteiger partial charge in [-0.1, -0.05) is 45.4 Å². The van der Waals surface area contributed by atoms with Crippen molar-refractivity contribution in [2.45, 2.75) is 97.1 Å². The zero-order chi connectivity index (χ0) is 23.8. The predicted molar refractivity (Wildman–Crippen MR) is 124 cm³/mol. The summed E-state index contributed by atoms with van der Waals surface area (Å²) in [6.45, 7) is 8.08. The average Bonchev–Trinajstić information content (AvgIpc) is 3.21. The normalized spacial score (nSPS) is 12.1. The second kappa shape index (κ2) is 15.3. The van der Waals surface area contributed by atoms with Crippen molar-refractivity contribution < 1.29 is 19.1 Å². The van der Waals surface area contributed by atoms with Gasteiger partial charge in [-0.05, 0) is 27.2 Å². The number of H-pyrrole nitrogens is 1. The third kappa shape index (κ3) is 13.7. The van der Waals surface area contributed by atoms with Crippen LogP contribution in [0.2, 0.25) is 0 Å². The molecular weight excluding hydrogens is 410 g/mol. The van der Waals surface area contributed by atoms with Crippen molar-refractivity contribution in [3.8, 4) is 0 Å². The first-order valence-corrected chi connectivity index (χ1v) is 11.7. The van der Waals surface area contributed by atoms with Crippen LogP contribution < -0.4 is 16.0 Å². The molecule has 0 aliphatic rings. The van der Waals surface area contributed by atoms with Crippen LogP contribution in [0.15, 0.2) is 12.5 Å². The highest BCUT2D eigenvalue weighted by molar-refractivity contribution is 5.86. The molecule has 0 bridgehead atoms. The van der Waals surface area contributed by atoms with Gasteiger partial charge in [-0.2, -0.15) is 0 Å². The second-order valence-corrected chi connectivity index (χ2v) is 8.99. The number of aromatic nitrogens is 2. The van der Waals surface area contributed by atoms with E-state index >= 15 is 0 Å². The first-order valence-electron chi connectivity index (χ1n) is 11.7. The molecular formula is C23H41N5O4. The molecule has 1 aromatic heterocycles. The maximum Gasteiger partial charge on any atom is 0.408 e. The molecule has 3 amide bonds. The molecule has 0 spiro atoms. The van der Waals surface area contributed by atoms with E-state index < -0.39 is 17.7 Å². The van der Waals surface area contributed by atoms with Crippen LogP contribution >= 0.6 is 0 Å². The molecule has 0 aliphatic carbocycles. The minimum atomic E-state index is -0.825. The standard InChI is InChI=1S/C23H41N5O4/c1-5-6-7-8-9-10-11-12-20(29)25-13-14-26-21(30)19(15-18-16-24-17-27-18)28-22(31)32-23(2,3)4/h16-17,19H,5-15H2,1-4H3,(H,24,27)(H,25,29)(H,26,30)(H,28,31). The van der Waals surface area contributed by atoms with Gasteiger partial charge in [0.15, 0.2) is 0 Å². The van der Waals surface area contributed by atoms with E-state index in [4.69, 9.17) is 4.74 Å². The Morgan fingerprint density at radius 2 is 1.69 bits per heavy atom. The molecule has 1 heterocycles. The molecule has 0 saturated carbocycles. The third-order valence-electron chi connectivity index (χ3n) is 4.74. The van der Waals surface area contributed by atoms with Gasteiger partial charge in [0, 0.05) is 37.8 Å². The Labute approximate surface area is 191 Å². The van der Waals surface area contributed by atoms with Gasteiger partial charge in [-0.3, -0.25) is 9.59 Å². The van der Waals surface area contributed by atoms with Gasteiger partial charge in [0.2, 0.25) is 11.8 Å². The summed E-state index contributed by atoms with van der Waals surface area (Å²) >= 11 is 0. The van der Waals surface area contributed by atoms with Crippen molar-refractivity contribution in [2.75, 3.05) is 13.1 Å². The number of aromatic amines is 1. The molecule has 1 aromatic rings. The maximum absolute atomic E-state index is 12.6. The number of rotatable bonds is 15. The summed E-state index contributed by atoms with van der Waals surface area (Å²) in [7, 11) is 0. The van der Waals surface area contributed by atoms with Crippen molar-refractivity contribution in [2.24, 2.45) is 0 Å². The van der Waals surface area contributed by atoms with Crippen LogP contribution in [0.5, 0.6) is 0 Å². The van der Waals surface area contributed by atoms with Crippen LogP contribution in [-0.4, -0.2) is 52.6 Å². The topological polar surface area (TPSA) is 125 Å². The van der Waals surface area contributed by atoms with Crippen molar-refractivity contribution in [3.05, 3.63) is 18.2 Å². The van der Waals surface area contributed by atoms with Gasteiger partial charge < -0.3 is 25.7 Å². The van der Waals surface area contributed by atoms with Gasteiger partial charge in [0.05, 0.1) is 6.33 Å². The van der Waals surface area contributed by atoms with Crippen LogP contribution in [0.4, 0.5) is 4.79 Å². The molecule has 9 nitrogen and oxygen atoms in total. The van der Waals surface area contributed by atoms with E-state index in [1.54, 1.807) is 27.0 Å². The number of nitrogens with one attached hydrogen (secondary N) is 4. The van der Waals surface area contributed by atoms with Crippen LogP contribution in [0.3, 0.4) is 0 Å². The fourth-order valence-electron chi connectivity index (χ4n) is 3.12. The molecule has 0 aliphatic heterocycles. The van der Waals surface area contributed by atoms with Crippen molar-refractivity contribution >= 4 is 17.9 Å². The number of carbonyl (C=O) groups is 3. The Morgan fingerprint density at radius 1 is 1.03 bits per heavy atom. The number of nitrogens with zero attached hydrogens (tertiary/aromatic N) is 1. The Bertz CT molecular complexity index is 670. The lowest BCUT2D eigenvalue weighted by atomic mass is 10.1. The van der Waals surface area contributed by atoms with Crippen molar-refractivity contribution in [1.82, 2.24) is 25.9 Å². The highest BCUT2D eigenvalue weighted by Gasteiger charge is 2.25. The maximum atomic E-state index is 12.6. The minimum absolute atomic E-state index is 0.00584. The Kier molecular flexibility index (Phi) is 13.1. The zero-order valence-corrected chi connectivity index (χ0v) is 20.1. The summed E-state index contributed by atoms with van der Waals surface area (Å²) in [6.07, 6.45) is 11.3.